The number of nitrogens with zero attached hydrogens (tertiary/aromatic N) is 2. The summed E-state index contributed by atoms with van der Waals surface area (Å²) in [4.78, 5) is 14.1. The Bertz CT molecular complexity index is 590. The van der Waals surface area contributed by atoms with Gasteiger partial charge in [0, 0.05) is 19.2 Å². The number of carbonyl (C=O) groups is 1. The van der Waals surface area contributed by atoms with Gasteiger partial charge in [0.05, 0.1) is 13.3 Å². The zero-order valence-corrected chi connectivity index (χ0v) is 12.6. The van der Waals surface area contributed by atoms with Crippen molar-refractivity contribution in [3.63, 3.8) is 0 Å². The SMILES string of the molecule is CCCCN(C)C(=O)c1cnoc1-c1ccc(OC)cc1. The summed E-state index contributed by atoms with van der Waals surface area (Å²) in [6, 6.07) is 7.35. The van der Waals surface area contributed by atoms with E-state index in [4.69, 9.17) is 9.26 Å². The molecular formula is C16H20N2O3. The van der Waals surface area contributed by atoms with Gasteiger partial charge in [-0.05, 0) is 30.7 Å². The minimum Gasteiger partial charge on any atom is -0.497 e. The van der Waals surface area contributed by atoms with Gasteiger partial charge in [-0.25, -0.2) is 0 Å². The van der Waals surface area contributed by atoms with Crippen molar-refractivity contribution in [2.75, 3.05) is 20.7 Å². The Hall–Kier alpha value is -2.30. The maximum absolute atomic E-state index is 12.4. The Morgan fingerprint density at radius 1 is 1.33 bits per heavy atom. The molecule has 0 fully saturated rings. The van der Waals surface area contributed by atoms with Crippen molar-refractivity contribution in [1.29, 1.82) is 0 Å². The number of aromatic nitrogens is 1. The second-order valence-electron chi connectivity index (χ2n) is 4.88. The van der Waals surface area contributed by atoms with Crippen LogP contribution in [0.3, 0.4) is 0 Å². The van der Waals surface area contributed by atoms with Crippen molar-refractivity contribution in [2.24, 2.45) is 0 Å². The zero-order chi connectivity index (χ0) is 15.2. The van der Waals surface area contributed by atoms with Gasteiger partial charge in [-0.1, -0.05) is 18.5 Å². The van der Waals surface area contributed by atoms with Gasteiger partial charge in [-0.3, -0.25) is 4.79 Å². The highest BCUT2D eigenvalue weighted by molar-refractivity contribution is 5.99. The molecule has 2 aromatic rings. The van der Waals surface area contributed by atoms with Crippen molar-refractivity contribution in [1.82, 2.24) is 10.1 Å². The maximum Gasteiger partial charge on any atom is 0.259 e. The van der Waals surface area contributed by atoms with Crippen LogP contribution in [0, 0.1) is 0 Å². The highest BCUT2D eigenvalue weighted by atomic mass is 16.5. The Balaban J connectivity index is 2.23. The average molecular weight is 288 g/mol. The van der Waals surface area contributed by atoms with Gasteiger partial charge in [0.25, 0.3) is 5.91 Å². The monoisotopic (exact) mass is 288 g/mol. The molecule has 112 valence electrons. The number of amides is 1. The molecule has 1 heterocycles. The molecule has 1 aromatic heterocycles. The Kier molecular flexibility index (Phi) is 4.98. The zero-order valence-electron chi connectivity index (χ0n) is 12.6. The summed E-state index contributed by atoms with van der Waals surface area (Å²) in [6.07, 6.45) is 3.50. The molecule has 0 saturated carbocycles. The van der Waals surface area contributed by atoms with Crippen LogP contribution in [0.5, 0.6) is 5.75 Å². The Morgan fingerprint density at radius 3 is 2.67 bits per heavy atom. The molecule has 0 saturated heterocycles. The highest BCUT2D eigenvalue weighted by Gasteiger charge is 2.20. The van der Waals surface area contributed by atoms with Gasteiger partial charge in [-0.2, -0.15) is 0 Å². The fourth-order valence-electron chi connectivity index (χ4n) is 2.04. The summed E-state index contributed by atoms with van der Waals surface area (Å²) in [5.41, 5.74) is 1.29. The third kappa shape index (κ3) is 3.42. The lowest BCUT2D eigenvalue weighted by atomic mass is 10.1. The van der Waals surface area contributed by atoms with E-state index in [1.165, 1.54) is 6.20 Å². The lowest BCUT2D eigenvalue weighted by Gasteiger charge is -2.16. The molecule has 21 heavy (non-hydrogen) atoms. The summed E-state index contributed by atoms with van der Waals surface area (Å²) < 4.78 is 10.4. The molecule has 2 rings (SSSR count). The molecule has 5 heteroatoms. The molecule has 0 spiro atoms. The number of rotatable bonds is 6. The topological polar surface area (TPSA) is 55.6 Å². The van der Waals surface area contributed by atoms with E-state index in [2.05, 4.69) is 12.1 Å². The first-order chi connectivity index (χ1) is 10.2. The summed E-state index contributed by atoms with van der Waals surface area (Å²) in [5.74, 6) is 1.17. The molecule has 1 aromatic carbocycles. The first kappa shape index (κ1) is 15.1. The van der Waals surface area contributed by atoms with E-state index in [0.29, 0.717) is 11.3 Å². The molecule has 0 bridgehead atoms. The number of unbranched alkanes of at least 4 members (excludes halogenated alkanes) is 1. The second-order valence-corrected chi connectivity index (χ2v) is 4.88. The molecular weight excluding hydrogens is 268 g/mol. The van der Waals surface area contributed by atoms with Crippen LogP contribution in [-0.2, 0) is 0 Å². The van der Waals surface area contributed by atoms with Crippen molar-refractivity contribution in [3.8, 4) is 17.1 Å². The predicted octanol–water partition coefficient (Wildman–Crippen LogP) is 3.22. The smallest absolute Gasteiger partial charge is 0.259 e. The van der Waals surface area contributed by atoms with Gasteiger partial charge < -0.3 is 14.2 Å². The molecule has 0 radical (unpaired) electrons. The van der Waals surface area contributed by atoms with Crippen molar-refractivity contribution < 1.29 is 14.1 Å². The van der Waals surface area contributed by atoms with Gasteiger partial charge in [0.1, 0.15) is 11.3 Å². The van der Waals surface area contributed by atoms with E-state index >= 15 is 0 Å². The van der Waals surface area contributed by atoms with Crippen LogP contribution in [0.15, 0.2) is 35.0 Å². The van der Waals surface area contributed by atoms with Gasteiger partial charge >= 0.3 is 0 Å². The minimum atomic E-state index is -0.0736. The summed E-state index contributed by atoms with van der Waals surface area (Å²) in [5, 5.41) is 3.77. The summed E-state index contributed by atoms with van der Waals surface area (Å²) in [6.45, 7) is 2.82. The average Bonchev–Trinajstić information content (AvgIpc) is 3.01. The first-order valence-electron chi connectivity index (χ1n) is 7.02. The lowest BCUT2D eigenvalue weighted by molar-refractivity contribution is 0.0793. The maximum atomic E-state index is 12.4. The fraction of sp³-hybridized carbons (Fsp3) is 0.375. The van der Waals surface area contributed by atoms with Crippen LogP contribution in [-0.4, -0.2) is 36.7 Å². The van der Waals surface area contributed by atoms with Gasteiger partial charge in [-0.15, -0.1) is 0 Å². The van der Waals surface area contributed by atoms with Gasteiger partial charge in [0.15, 0.2) is 5.76 Å². The minimum absolute atomic E-state index is 0.0736. The largest absolute Gasteiger partial charge is 0.497 e. The molecule has 0 unspecified atom stereocenters. The van der Waals surface area contributed by atoms with E-state index in [9.17, 15) is 4.79 Å². The first-order valence-corrected chi connectivity index (χ1v) is 7.02. The predicted molar refractivity (Wildman–Crippen MR) is 80.4 cm³/mol. The van der Waals surface area contributed by atoms with E-state index in [0.717, 1.165) is 30.7 Å². The van der Waals surface area contributed by atoms with E-state index < -0.39 is 0 Å². The molecule has 0 aliphatic carbocycles. The third-order valence-corrected chi connectivity index (χ3v) is 3.35. The van der Waals surface area contributed by atoms with E-state index in [1.807, 2.05) is 24.3 Å². The van der Waals surface area contributed by atoms with Crippen LogP contribution in [0.4, 0.5) is 0 Å². The third-order valence-electron chi connectivity index (χ3n) is 3.35. The van der Waals surface area contributed by atoms with Crippen LogP contribution >= 0.6 is 0 Å². The number of hydrogen-bond donors (Lipinski definition) is 0. The normalized spacial score (nSPS) is 10.4. The van der Waals surface area contributed by atoms with Crippen molar-refractivity contribution in [2.45, 2.75) is 19.8 Å². The fourth-order valence-corrected chi connectivity index (χ4v) is 2.04. The van der Waals surface area contributed by atoms with Crippen molar-refractivity contribution in [3.05, 3.63) is 36.0 Å². The Morgan fingerprint density at radius 2 is 2.05 bits per heavy atom. The molecule has 0 aliphatic heterocycles. The molecule has 1 amide bonds. The van der Waals surface area contributed by atoms with E-state index in [-0.39, 0.29) is 5.91 Å². The van der Waals surface area contributed by atoms with Crippen LogP contribution in [0.25, 0.3) is 11.3 Å². The summed E-state index contributed by atoms with van der Waals surface area (Å²) in [7, 11) is 3.41. The van der Waals surface area contributed by atoms with Crippen molar-refractivity contribution >= 4 is 5.91 Å². The Labute approximate surface area is 124 Å². The quantitative estimate of drug-likeness (QED) is 0.819. The number of hydrogen-bond acceptors (Lipinski definition) is 4. The number of ether oxygens (including phenoxy) is 1. The van der Waals surface area contributed by atoms with Crippen LogP contribution in [0.1, 0.15) is 30.1 Å². The van der Waals surface area contributed by atoms with E-state index in [1.54, 1.807) is 19.1 Å². The molecule has 0 N–H and O–H groups in total. The van der Waals surface area contributed by atoms with Crippen LogP contribution < -0.4 is 4.74 Å². The standard InChI is InChI=1S/C16H20N2O3/c1-4-5-10-18(2)16(19)14-11-17-21-15(14)12-6-8-13(20-3)9-7-12/h6-9,11H,4-5,10H2,1-3H3. The number of methoxy groups -OCH3 is 1. The number of benzene rings is 1. The molecule has 5 nitrogen and oxygen atoms in total. The molecule has 0 atom stereocenters. The summed E-state index contributed by atoms with van der Waals surface area (Å²) >= 11 is 0. The highest BCUT2D eigenvalue weighted by Crippen LogP contribution is 2.26. The molecule has 0 aliphatic rings. The second kappa shape index (κ2) is 6.92. The van der Waals surface area contributed by atoms with Gasteiger partial charge in [0.2, 0.25) is 0 Å². The lowest BCUT2D eigenvalue weighted by Crippen LogP contribution is -2.27. The van der Waals surface area contributed by atoms with Crippen LogP contribution in [0.2, 0.25) is 0 Å². The number of carbonyl (C=O) groups excluding carboxylic acids is 1.